The molecule has 34 heteroatoms. The summed E-state index contributed by atoms with van der Waals surface area (Å²) in [6.07, 6.45) is 65.5. The van der Waals surface area contributed by atoms with Gasteiger partial charge in [0.25, 0.3) is 0 Å². The van der Waals surface area contributed by atoms with Gasteiger partial charge >= 0.3 is 5.97 Å². The van der Waals surface area contributed by atoms with Crippen molar-refractivity contribution in [2.45, 2.75) is 169 Å². The third-order valence-electron chi connectivity index (χ3n) is 18.9. The van der Waals surface area contributed by atoms with Crippen LogP contribution in [0.25, 0.3) is 4.85 Å². The predicted octanol–water partition coefficient (Wildman–Crippen LogP) is 8.86. The van der Waals surface area contributed by atoms with Gasteiger partial charge in [-0.3, -0.25) is 14.6 Å². The van der Waals surface area contributed by atoms with Gasteiger partial charge in [-0.25, -0.2) is 6.57 Å². The summed E-state index contributed by atoms with van der Waals surface area (Å²) in [5.41, 5.74) is -2.92. The summed E-state index contributed by atoms with van der Waals surface area (Å²) >= 11 is 0. The standard InChI is InChI=1S/C22H35NO4.C21H34N2O4.C18H20O4.C13H18O4.C12H16O4.2C11H16O4.3CH4O.4CH4/c1-9-12-15-26-21(23(19(4)5)20(6)7)27-18-22(8,16-24-13-10-2)17-25-14-11-3;1-9-12-24-15-21(7,16-25-13-10-2)17-27-20(26-14-11-22-8)23(18(3)4)19(5)6;1-3-10-19-12-18(13-20-11-4-2)14-21-17(22-15-18)16-8-6-5-7-9-16;1-5-7-15-9-13(4,10-16-8-6-2)11-17-12(3)14;13-6-12(7-14)8-15-11(16-9-12)10-4-2-1-3-5-10;2*1-3-5-14-9-11(7-12,8-13)10-15-6-4-2;3*1-2;;;;/h1-3,19-21H,12-18H2,4-8H3;1-2,18-20H,11-17H2,3-7H3;1-2,5-9,17H,10-15H2;1-2H,7-11H2,3-4H3;1-5,11,13-14H,6-9H2;2*1-2,12-13H,5-10H2;3*2H,1H3;4*1H4/i8D;7D;;4D;;12D;;3*2T;1T;;;. The summed E-state index contributed by atoms with van der Waals surface area (Å²) in [6, 6.07) is 20.1. The van der Waals surface area contributed by atoms with E-state index >= 15 is 0 Å². The van der Waals surface area contributed by atoms with Crippen molar-refractivity contribution in [2.75, 3.05) is 286 Å². The highest BCUT2D eigenvalue weighted by Gasteiger charge is 2.41. The van der Waals surface area contributed by atoms with Crippen LogP contribution in [0.15, 0.2) is 60.7 Å². The summed E-state index contributed by atoms with van der Waals surface area (Å²) in [5, 5.41) is 60.7. The SMILES string of the molecule is C.C.C.C#CCOCC(CO)(CO)COCC#C.C#CCOCC1(COCC#C)COC(c2ccccc2)OC1.OCC1(CO)COC(c2ccccc2)OC1.[2H]CC(COCC#C)(COCC#C)COC(C)=O.[2H]CC(COCC#C)(COCC#C)COC(OCCC#C)N(C(C)C)C(C)C.[2H]CC(COCC#C)(COCC#C)COC(OCC[N+]#[C-])N(C(C)C)C(C)C.[2H]OCC(CO)(COCC#C)COCC#C.[3H]C.[3H]OC.[3H]OC.[3H]OC. The highest BCUT2D eigenvalue weighted by atomic mass is 16.7. The third kappa shape index (κ3) is 79.2. The van der Waals surface area contributed by atoms with Gasteiger partial charge in [0.05, 0.1) is 187 Å². The lowest BCUT2D eigenvalue weighted by Gasteiger charge is -2.39. The fourth-order valence-electron chi connectivity index (χ4n) is 11.8. The minimum atomic E-state index is -0.840. The maximum absolute atomic E-state index is 10.8. The molecule has 0 aromatic heterocycles. The highest BCUT2D eigenvalue weighted by Crippen LogP contribution is 2.35. The van der Waals surface area contributed by atoms with Crippen molar-refractivity contribution in [2.24, 2.45) is 37.9 Å². The first-order valence-corrected chi connectivity index (χ1v) is 45.8. The maximum Gasteiger partial charge on any atom is 0.302 e. The summed E-state index contributed by atoms with van der Waals surface area (Å²) < 4.78 is 169. The molecule has 2 heterocycles. The summed E-state index contributed by atoms with van der Waals surface area (Å²) in [5.74, 6) is 30.6. The van der Waals surface area contributed by atoms with E-state index in [0.717, 1.165) is 11.1 Å². The van der Waals surface area contributed by atoms with Gasteiger partial charge in [-0.15, -0.1) is 89.4 Å². The third-order valence-corrected chi connectivity index (χ3v) is 18.9. The zero-order chi connectivity index (χ0) is 118. The Balaban J connectivity index is -0.000000199. The molecule has 9 N–H and O–H groups in total. The minimum absolute atomic E-state index is 0. The quantitative estimate of drug-likeness (QED) is 0.00981. The van der Waals surface area contributed by atoms with Crippen LogP contribution >= 0.6 is 0 Å². The van der Waals surface area contributed by atoms with E-state index in [0.29, 0.717) is 52.7 Å². The van der Waals surface area contributed by atoms with Crippen LogP contribution in [0.4, 0.5) is 0 Å². The van der Waals surface area contributed by atoms with Gasteiger partial charge in [0.2, 0.25) is 25.1 Å². The molecule has 2 aliphatic rings. The summed E-state index contributed by atoms with van der Waals surface area (Å²) in [6.45, 7) is 31.1. The number of hydrogen-bond acceptors (Lipinski definition) is 33. The Morgan fingerprint density at radius 2 is 0.671 bits per heavy atom. The van der Waals surface area contributed by atoms with Crippen LogP contribution in [0.3, 0.4) is 0 Å². The second kappa shape index (κ2) is 106. The van der Waals surface area contributed by atoms with E-state index in [2.05, 4.69) is 167 Å². The second-order valence-corrected chi connectivity index (χ2v) is 33.4. The van der Waals surface area contributed by atoms with Crippen LogP contribution in [0, 0.1) is 205 Å². The molecule has 0 aliphatic carbocycles. The van der Waals surface area contributed by atoms with Crippen LogP contribution in [0.1, 0.15) is 148 Å². The van der Waals surface area contributed by atoms with Crippen molar-refractivity contribution in [3.63, 3.8) is 0 Å². The average Bonchev–Trinajstić information content (AvgIpc) is 0.822. The Bertz CT molecular complexity index is 4030. The number of ether oxygens (including phenoxy) is 21. The Kier molecular flexibility index (Phi) is 100. The molecular weight excluding hydrogens is 1920 g/mol. The first-order chi connectivity index (χ1) is 74.2. The van der Waals surface area contributed by atoms with E-state index in [1.807, 2.05) is 60.7 Å². The van der Waals surface area contributed by atoms with Crippen LogP contribution in [0.2, 0.25) is 0 Å². The minimum Gasteiger partial charge on any atom is -0.465 e. The number of terminal acetylenes is 13. The van der Waals surface area contributed by atoms with Crippen molar-refractivity contribution >= 4 is 5.97 Å². The Labute approximate surface area is 909 Å². The molecule has 34 nitrogen and oxygen atoms in total. The average molecular weight is 2120 g/mol. The van der Waals surface area contributed by atoms with Crippen LogP contribution in [-0.4, -0.2) is 390 Å². The van der Waals surface area contributed by atoms with Gasteiger partial charge < -0.3 is 150 Å². The fourth-order valence-corrected chi connectivity index (χ4v) is 11.8. The number of aliphatic hydroxyl groups is 9. The molecule has 0 saturated carbocycles. The number of aliphatic hydroxyl groups excluding tert-OH is 9. The highest BCUT2D eigenvalue weighted by molar-refractivity contribution is 5.65. The molecule has 2 aliphatic heterocycles. The second-order valence-electron chi connectivity index (χ2n) is 33.4. The van der Waals surface area contributed by atoms with Gasteiger partial charge in [0, 0.05) is 91.7 Å². The molecule has 2 atom stereocenters. The topological polar surface area (TPSA) is 404 Å². The molecule has 2 aromatic rings. The molecule has 2 unspecified atom stereocenters. The van der Waals surface area contributed by atoms with Crippen molar-refractivity contribution < 1.29 is 156 Å². The van der Waals surface area contributed by atoms with Gasteiger partial charge in [0.15, 0.2) is 12.6 Å². The molecule has 2 fully saturated rings. The largest absolute Gasteiger partial charge is 0.465 e. The van der Waals surface area contributed by atoms with E-state index in [-0.39, 0.29) is 297 Å². The predicted molar refractivity (Wildman–Crippen MR) is 583 cm³/mol. The molecule has 0 radical (unpaired) electrons. The number of rotatable bonds is 65. The zero-order valence-corrected chi connectivity index (χ0v) is 88.2. The van der Waals surface area contributed by atoms with E-state index in [1.165, 1.54) is 35.7 Å². The summed E-state index contributed by atoms with van der Waals surface area (Å²) in [4.78, 5) is 18.3. The Morgan fingerprint density at radius 1 is 0.416 bits per heavy atom. The number of hydrogen-bond donors (Lipinski definition) is 9. The van der Waals surface area contributed by atoms with Crippen molar-refractivity contribution in [1.29, 1.82) is 5.72 Å². The van der Waals surface area contributed by atoms with Crippen molar-refractivity contribution in [3.05, 3.63) is 83.2 Å². The molecular formula is C115H183N3O31. The fraction of sp³-hybridized carbons (Fsp3) is 0.652. The van der Waals surface area contributed by atoms with Crippen molar-refractivity contribution in [1.82, 2.24) is 9.80 Å². The normalized spacial score (nSPS) is 13.6. The van der Waals surface area contributed by atoms with Gasteiger partial charge in [-0.1, -0.05) is 182 Å². The van der Waals surface area contributed by atoms with Crippen molar-refractivity contribution in [3.8, 4) is 160 Å². The van der Waals surface area contributed by atoms with Crippen LogP contribution in [-0.2, 0) is 104 Å². The number of carbonyl (C=O) groups excluding carboxylic acids is 1. The lowest BCUT2D eigenvalue weighted by atomic mass is 9.91. The van der Waals surface area contributed by atoms with Crippen LogP contribution in [0.5, 0.6) is 0 Å². The smallest absolute Gasteiger partial charge is 0.302 e. The molecule has 4 rings (SSSR count). The monoisotopic (exact) mass is 2110 g/mol. The first kappa shape index (κ1) is 141. The Hall–Kier alpha value is -9.56. The molecule has 844 valence electrons. The number of nitrogens with zero attached hydrogens (tertiary/aromatic N) is 3. The lowest BCUT2D eigenvalue weighted by Crippen LogP contribution is -2.49. The number of benzene rings is 2. The maximum atomic E-state index is 10.8. The van der Waals surface area contributed by atoms with E-state index in [4.69, 9.17) is 211 Å². The summed E-state index contributed by atoms with van der Waals surface area (Å²) in [7, 11) is 5.13. The number of esters is 1. The molecule has 0 bridgehead atoms. The number of carbonyl (C=O) groups is 1. The van der Waals surface area contributed by atoms with Gasteiger partial charge in [0.1, 0.15) is 92.5 Å². The van der Waals surface area contributed by atoms with E-state index in [1.54, 1.807) is 0 Å². The lowest BCUT2D eigenvalue weighted by molar-refractivity contribution is -0.254. The van der Waals surface area contributed by atoms with Crippen LogP contribution < -0.4 is 0 Å². The Morgan fingerprint density at radius 3 is 0.906 bits per heavy atom. The first-order valence-electron chi connectivity index (χ1n) is 50.5. The molecule has 0 amide bonds. The van der Waals surface area contributed by atoms with E-state index < -0.39 is 57.6 Å². The molecule has 2 saturated heterocycles. The zero-order valence-electron chi connectivity index (χ0n) is 96.2. The molecule has 149 heavy (non-hydrogen) atoms. The van der Waals surface area contributed by atoms with E-state index in [9.17, 15) is 20.1 Å². The molecule has 0 spiro atoms. The van der Waals surface area contributed by atoms with Gasteiger partial charge in [-0.2, -0.15) is 0 Å². The van der Waals surface area contributed by atoms with Gasteiger partial charge in [-0.05, 0) is 55.4 Å². The molecule has 2 aromatic carbocycles.